The lowest BCUT2D eigenvalue weighted by atomic mass is 9.97. The molecule has 0 saturated carbocycles. The van der Waals surface area contributed by atoms with Crippen LogP contribution in [0.2, 0.25) is 0 Å². The second kappa shape index (κ2) is 5.59. The van der Waals surface area contributed by atoms with Crippen molar-refractivity contribution in [2.24, 2.45) is 0 Å². The van der Waals surface area contributed by atoms with Gasteiger partial charge in [-0.2, -0.15) is 0 Å². The standard InChI is InChI=1S/C13H16O4/c1-8-4-9(2)13(10(3)5-8)11(14)6-17-7-12(15)16/h4-5H,6-7H2,1-3H3,(H,15,16). The fourth-order valence-electron chi connectivity index (χ4n) is 1.92. The monoisotopic (exact) mass is 236 g/mol. The van der Waals surface area contributed by atoms with Gasteiger partial charge in [0.1, 0.15) is 13.2 Å². The lowest BCUT2D eigenvalue weighted by Crippen LogP contribution is -2.16. The number of aryl methyl sites for hydroxylation is 3. The van der Waals surface area contributed by atoms with Crippen LogP contribution in [0.4, 0.5) is 0 Å². The number of ether oxygens (including phenoxy) is 1. The molecular weight excluding hydrogens is 220 g/mol. The molecule has 0 saturated heterocycles. The first-order chi connectivity index (χ1) is 7.91. The molecule has 0 atom stereocenters. The van der Waals surface area contributed by atoms with E-state index in [1.165, 1.54) is 0 Å². The van der Waals surface area contributed by atoms with Crippen LogP contribution >= 0.6 is 0 Å². The molecule has 0 aliphatic carbocycles. The number of rotatable bonds is 5. The first kappa shape index (κ1) is 13.4. The van der Waals surface area contributed by atoms with E-state index in [0.29, 0.717) is 5.56 Å². The van der Waals surface area contributed by atoms with E-state index in [2.05, 4.69) is 0 Å². The molecule has 0 aliphatic rings. The van der Waals surface area contributed by atoms with Crippen LogP contribution < -0.4 is 0 Å². The summed E-state index contributed by atoms with van der Waals surface area (Å²) in [5, 5.41) is 8.41. The molecule has 0 unspecified atom stereocenters. The van der Waals surface area contributed by atoms with Crippen molar-refractivity contribution < 1.29 is 19.4 Å². The molecule has 0 amide bonds. The maximum atomic E-state index is 11.9. The third-order valence-electron chi connectivity index (χ3n) is 2.41. The molecule has 92 valence electrons. The number of carboxylic acids is 1. The first-order valence-electron chi connectivity index (χ1n) is 5.32. The van der Waals surface area contributed by atoms with Gasteiger partial charge in [-0.15, -0.1) is 0 Å². The van der Waals surface area contributed by atoms with Gasteiger partial charge in [0.15, 0.2) is 5.78 Å². The van der Waals surface area contributed by atoms with Gasteiger partial charge in [0.25, 0.3) is 0 Å². The summed E-state index contributed by atoms with van der Waals surface area (Å²) in [5.74, 6) is -1.25. The SMILES string of the molecule is Cc1cc(C)c(C(=O)COCC(=O)O)c(C)c1. The van der Waals surface area contributed by atoms with Crippen LogP contribution in [0.1, 0.15) is 27.0 Å². The Morgan fingerprint density at radius 3 is 2.12 bits per heavy atom. The molecule has 0 bridgehead atoms. The van der Waals surface area contributed by atoms with Crippen LogP contribution in [0.5, 0.6) is 0 Å². The van der Waals surface area contributed by atoms with Gasteiger partial charge in [0.2, 0.25) is 0 Å². The predicted molar refractivity (Wildman–Crippen MR) is 63.4 cm³/mol. The van der Waals surface area contributed by atoms with E-state index in [1.54, 1.807) is 0 Å². The fraction of sp³-hybridized carbons (Fsp3) is 0.385. The maximum Gasteiger partial charge on any atom is 0.329 e. The molecule has 1 rings (SSSR count). The van der Waals surface area contributed by atoms with E-state index < -0.39 is 12.6 Å². The van der Waals surface area contributed by atoms with Gasteiger partial charge in [0, 0.05) is 5.56 Å². The lowest BCUT2D eigenvalue weighted by Gasteiger charge is -2.10. The molecule has 0 aliphatic heterocycles. The molecule has 0 fully saturated rings. The highest BCUT2D eigenvalue weighted by molar-refractivity contribution is 5.99. The van der Waals surface area contributed by atoms with E-state index in [9.17, 15) is 9.59 Å². The van der Waals surface area contributed by atoms with Gasteiger partial charge >= 0.3 is 5.97 Å². The Labute approximate surface area is 100 Å². The summed E-state index contributed by atoms with van der Waals surface area (Å²) in [6, 6.07) is 3.86. The topological polar surface area (TPSA) is 63.6 Å². The summed E-state index contributed by atoms with van der Waals surface area (Å²) in [5.41, 5.74) is 3.52. The van der Waals surface area contributed by atoms with E-state index in [1.807, 2.05) is 32.9 Å². The minimum absolute atomic E-state index is 0.179. The second-order valence-electron chi connectivity index (χ2n) is 4.08. The number of ketones is 1. The number of carbonyl (C=O) groups excluding carboxylic acids is 1. The van der Waals surface area contributed by atoms with Crippen LogP contribution in [-0.2, 0) is 9.53 Å². The summed E-state index contributed by atoms with van der Waals surface area (Å²) < 4.78 is 4.80. The zero-order chi connectivity index (χ0) is 13.0. The quantitative estimate of drug-likeness (QED) is 0.793. The van der Waals surface area contributed by atoms with E-state index >= 15 is 0 Å². The Kier molecular flexibility index (Phi) is 4.40. The third-order valence-corrected chi connectivity index (χ3v) is 2.41. The zero-order valence-electron chi connectivity index (χ0n) is 10.2. The van der Waals surface area contributed by atoms with Crippen molar-refractivity contribution >= 4 is 11.8 Å². The Balaban J connectivity index is 2.79. The second-order valence-corrected chi connectivity index (χ2v) is 4.08. The number of benzene rings is 1. The highest BCUT2D eigenvalue weighted by atomic mass is 16.5. The number of hydrogen-bond acceptors (Lipinski definition) is 3. The molecule has 17 heavy (non-hydrogen) atoms. The van der Waals surface area contributed by atoms with Crippen LogP contribution in [0, 0.1) is 20.8 Å². The van der Waals surface area contributed by atoms with Crippen LogP contribution in [-0.4, -0.2) is 30.1 Å². The van der Waals surface area contributed by atoms with Crippen molar-refractivity contribution in [3.05, 3.63) is 34.4 Å². The highest BCUT2D eigenvalue weighted by Crippen LogP contribution is 2.17. The maximum absolute atomic E-state index is 11.9. The molecule has 4 nitrogen and oxygen atoms in total. The van der Waals surface area contributed by atoms with E-state index in [4.69, 9.17) is 9.84 Å². The zero-order valence-corrected chi connectivity index (χ0v) is 10.2. The van der Waals surface area contributed by atoms with Gasteiger partial charge < -0.3 is 9.84 Å². The van der Waals surface area contributed by atoms with Crippen LogP contribution in [0.15, 0.2) is 12.1 Å². The first-order valence-corrected chi connectivity index (χ1v) is 5.32. The average molecular weight is 236 g/mol. The van der Waals surface area contributed by atoms with Gasteiger partial charge in [0.05, 0.1) is 0 Å². The van der Waals surface area contributed by atoms with Gasteiger partial charge in [-0.05, 0) is 31.9 Å². The normalized spacial score (nSPS) is 10.3. The summed E-state index contributed by atoms with van der Waals surface area (Å²) >= 11 is 0. The van der Waals surface area contributed by atoms with Crippen molar-refractivity contribution in [3.8, 4) is 0 Å². The molecule has 0 radical (unpaired) electrons. The van der Waals surface area contributed by atoms with E-state index in [-0.39, 0.29) is 12.4 Å². The van der Waals surface area contributed by atoms with Crippen molar-refractivity contribution in [1.82, 2.24) is 0 Å². The highest BCUT2D eigenvalue weighted by Gasteiger charge is 2.13. The molecule has 0 aromatic heterocycles. The summed E-state index contributed by atoms with van der Waals surface area (Å²) in [6.45, 7) is 5.05. The molecule has 1 N–H and O–H groups in total. The molecular formula is C13H16O4. The van der Waals surface area contributed by atoms with Gasteiger partial charge in [-0.1, -0.05) is 17.7 Å². The Morgan fingerprint density at radius 2 is 1.65 bits per heavy atom. The Bertz CT molecular complexity index is 426. The summed E-state index contributed by atoms with van der Waals surface area (Å²) in [6.07, 6.45) is 0. The predicted octanol–water partition coefficient (Wildman–Crippen LogP) is 1.90. The summed E-state index contributed by atoms with van der Waals surface area (Å²) in [7, 11) is 0. The van der Waals surface area contributed by atoms with Gasteiger partial charge in [-0.25, -0.2) is 4.79 Å². The average Bonchev–Trinajstić information content (AvgIpc) is 2.14. The molecule has 1 aromatic rings. The minimum Gasteiger partial charge on any atom is -0.480 e. The molecule has 0 spiro atoms. The number of carbonyl (C=O) groups is 2. The van der Waals surface area contributed by atoms with Crippen molar-refractivity contribution in [3.63, 3.8) is 0 Å². The Morgan fingerprint density at radius 1 is 1.12 bits per heavy atom. The molecule has 0 heterocycles. The minimum atomic E-state index is -1.07. The molecule has 1 aromatic carbocycles. The number of hydrogen-bond donors (Lipinski definition) is 1. The van der Waals surface area contributed by atoms with E-state index in [0.717, 1.165) is 16.7 Å². The smallest absolute Gasteiger partial charge is 0.329 e. The molecule has 4 heteroatoms. The van der Waals surface area contributed by atoms with Crippen molar-refractivity contribution in [2.75, 3.05) is 13.2 Å². The number of aliphatic carboxylic acids is 1. The third kappa shape index (κ3) is 3.67. The van der Waals surface area contributed by atoms with Crippen molar-refractivity contribution in [2.45, 2.75) is 20.8 Å². The summed E-state index contributed by atoms with van der Waals surface area (Å²) in [4.78, 5) is 22.1. The fourth-order valence-corrected chi connectivity index (χ4v) is 1.92. The number of carboxylic acid groups (broad SMARTS) is 1. The van der Waals surface area contributed by atoms with Crippen molar-refractivity contribution in [1.29, 1.82) is 0 Å². The van der Waals surface area contributed by atoms with Gasteiger partial charge in [-0.3, -0.25) is 4.79 Å². The number of Topliss-reactive ketones (excluding diaryl/α,β-unsaturated/α-hetero) is 1. The van der Waals surface area contributed by atoms with Crippen LogP contribution in [0.25, 0.3) is 0 Å². The Hall–Kier alpha value is -1.68. The largest absolute Gasteiger partial charge is 0.480 e. The van der Waals surface area contributed by atoms with Crippen LogP contribution in [0.3, 0.4) is 0 Å². The lowest BCUT2D eigenvalue weighted by molar-refractivity contribution is -0.141.